The summed E-state index contributed by atoms with van der Waals surface area (Å²) in [5, 5.41) is 0. The summed E-state index contributed by atoms with van der Waals surface area (Å²) < 4.78 is 27.2. The summed E-state index contributed by atoms with van der Waals surface area (Å²) in [6.07, 6.45) is 3.80. The largest absolute Gasteiger partial charge is 0.241 e. The second-order valence-electron chi connectivity index (χ2n) is 4.40. The van der Waals surface area contributed by atoms with Gasteiger partial charge in [0.1, 0.15) is 0 Å². The molecule has 0 saturated carbocycles. The molecule has 19 heavy (non-hydrogen) atoms. The van der Waals surface area contributed by atoms with Crippen molar-refractivity contribution in [3.05, 3.63) is 71.8 Å². The van der Waals surface area contributed by atoms with Gasteiger partial charge in [-0.15, -0.1) is 0 Å². The highest BCUT2D eigenvalue weighted by molar-refractivity contribution is 7.89. The maximum absolute atomic E-state index is 12.3. The van der Waals surface area contributed by atoms with E-state index >= 15 is 0 Å². The number of hydrogen-bond acceptors (Lipinski definition) is 2. The van der Waals surface area contributed by atoms with E-state index in [0.29, 0.717) is 0 Å². The fraction of sp³-hybridized carbons (Fsp3) is 0.0667. The Kier molecular flexibility index (Phi) is 2.97. The topological polar surface area (TPSA) is 46.2 Å². The molecule has 3 rings (SSSR count). The minimum atomic E-state index is -3.49. The Balaban J connectivity index is 1.90. The highest BCUT2D eigenvalue weighted by Gasteiger charge is 2.23. The van der Waals surface area contributed by atoms with Gasteiger partial charge in [0.2, 0.25) is 10.0 Å². The fourth-order valence-electron chi connectivity index (χ4n) is 2.19. The first-order valence-corrected chi connectivity index (χ1v) is 7.50. The summed E-state index contributed by atoms with van der Waals surface area (Å²) >= 11 is 0. The van der Waals surface area contributed by atoms with Crippen LogP contribution in [0.25, 0.3) is 6.08 Å². The van der Waals surface area contributed by atoms with Crippen LogP contribution >= 0.6 is 0 Å². The van der Waals surface area contributed by atoms with E-state index in [1.807, 2.05) is 36.4 Å². The molecular formula is C15H13NO2S. The SMILES string of the molecule is O=S(=O)(NC1C=Cc2ccccc21)c1ccccc1. The predicted octanol–water partition coefficient (Wildman–Crippen LogP) is 2.73. The summed E-state index contributed by atoms with van der Waals surface area (Å²) in [6, 6.07) is 15.9. The van der Waals surface area contributed by atoms with Crippen LogP contribution in [-0.4, -0.2) is 8.42 Å². The van der Waals surface area contributed by atoms with Crippen LogP contribution in [-0.2, 0) is 10.0 Å². The van der Waals surface area contributed by atoms with Crippen LogP contribution in [0.3, 0.4) is 0 Å². The average molecular weight is 271 g/mol. The van der Waals surface area contributed by atoms with E-state index in [2.05, 4.69) is 4.72 Å². The van der Waals surface area contributed by atoms with Gasteiger partial charge in [-0.25, -0.2) is 8.42 Å². The van der Waals surface area contributed by atoms with Gasteiger partial charge in [0, 0.05) is 0 Å². The number of hydrogen-bond donors (Lipinski definition) is 1. The number of fused-ring (bicyclic) bond motifs is 1. The summed E-state index contributed by atoms with van der Waals surface area (Å²) in [6.45, 7) is 0. The van der Waals surface area contributed by atoms with Crippen LogP contribution in [0.2, 0.25) is 0 Å². The summed E-state index contributed by atoms with van der Waals surface area (Å²) in [4.78, 5) is 0.285. The molecular weight excluding hydrogens is 258 g/mol. The molecule has 0 bridgehead atoms. The molecule has 2 aromatic rings. The lowest BCUT2D eigenvalue weighted by Gasteiger charge is -2.13. The molecule has 1 aliphatic carbocycles. The molecule has 0 fully saturated rings. The third-order valence-corrected chi connectivity index (χ3v) is 4.59. The number of benzene rings is 2. The van der Waals surface area contributed by atoms with Gasteiger partial charge in [-0.3, -0.25) is 0 Å². The second-order valence-corrected chi connectivity index (χ2v) is 6.11. The van der Waals surface area contributed by atoms with Gasteiger partial charge in [0.25, 0.3) is 0 Å². The molecule has 0 spiro atoms. The first-order chi connectivity index (χ1) is 9.17. The van der Waals surface area contributed by atoms with Gasteiger partial charge in [-0.05, 0) is 23.3 Å². The van der Waals surface area contributed by atoms with Gasteiger partial charge in [0.15, 0.2) is 0 Å². The van der Waals surface area contributed by atoms with Crippen LogP contribution in [0.1, 0.15) is 17.2 Å². The predicted molar refractivity (Wildman–Crippen MR) is 75.0 cm³/mol. The molecule has 0 aromatic heterocycles. The Labute approximate surface area is 112 Å². The van der Waals surface area contributed by atoms with E-state index in [4.69, 9.17) is 0 Å². The normalized spacial score (nSPS) is 17.4. The van der Waals surface area contributed by atoms with Gasteiger partial charge >= 0.3 is 0 Å². The van der Waals surface area contributed by atoms with E-state index in [0.717, 1.165) is 11.1 Å². The zero-order valence-corrected chi connectivity index (χ0v) is 11.0. The van der Waals surface area contributed by atoms with Crippen LogP contribution in [0.5, 0.6) is 0 Å². The molecule has 0 saturated heterocycles. The van der Waals surface area contributed by atoms with Crippen LogP contribution < -0.4 is 4.72 Å². The lowest BCUT2D eigenvalue weighted by atomic mass is 10.1. The van der Waals surface area contributed by atoms with Gasteiger partial charge < -0.3 is 0 Å². The molecule has 3 nitrogen and oxygen atoms in total. The Morgan fingerprint density at radius 3 is 2.37 bits per heavy atom. The fourth-order valence-corrected chi connectivity index (χ4v) is 3.38. The molecule has 1 unspecified atom stereocenters. The maximum atomic E-state index is 12.3. The van der Waals surface area contributed by atoms with Crippen molar-refractivity contribution in [2.45, 2.75) is 10.9 Å². The Hall–Kier alpha value is -1.91. The van der Waals surface area contributed by atoms with Crippen molar-refractivity contribution in [1.29, 1.82) is 0 Å². The molecule has 1 N–H and O–H groups in total. The van der Waals surface area contributed by atoms with E-state index in [1.54, 1.807) is 30.3 Å². The Bertz CT molecular complexity index is 721. The molecule has 96 valence electrons. The van der Waals surface area contributed by atoms with E-state index in [9.17, 15) is 8.42 Å². The summed E-state index contributed by atoms with van der Waals surface area (Å²) in [5.74, 6) is 0. The zero-order chi connectivity index (χ0) is 13.3. The lowest BCUT2D eigenvalue weighted by molar-refractivity contribution is 0.575. The number of sulfonamides is 1. The number of rotatable bonds is 3. The highest BCUT2D eigenvalue weighted by Crippen LogP contribution is 2.28. The van der Waals surface area contributed by atoms with Crippen molar-refractivity contribution >= 4 is 16.1 Å². The summed E-state index contributed by atoms with van der Waals surface area (Å²) in [5.41, 5.74) is 2.05. The molecule has 0 heterocycles. The third kappa shape index (κ3) is 2.32. The number of nitrogens with one attached hydrogen (secondary N) is 1. The minimum absolute atomic E-state index is 0.285. The first kappa shape index (κ1) is 12.1. The van der Waals surface area contributed by atoms with Crippen LogP contribution in [0.4, 0.5) is 0 Å². The molecule has 1 aliphatic rings. The molecule has 2 aromatic carbocycles. The molecule has 0 radical (unpaired) electrons. The first-order valence-electron chi connectivity index (χ1n) is 6.01. The van der Waals surface area contributed by atoms with E-state index in [1.165, 1.54) is 0 Å². The molecule has 0 amide bonds. The average Bonchev–Trinajstić information content (AvgIpc) is 2.83. The van der Waals surface area contributed by atoms with Crippen molar-refractivity contribution < 1.29 is 8.42 Å². The standard InChI is InChI=1S/C15H13NO2S/c17-19(18,13-7-2-1-3-8-13)16-15-11-10-12-6-4-5-9-14(12)15/h1-11,15-16H. The van der Waals surface area contributed by atoms with E-state index in [-0.39, 0.29) is 10.9 Å². The Morgan fingerprint density at radius 1 is 0.895 bits per heavy atom. The van der Waals surface area contributed by atoms with Crippen molar-refractivity contribution in [3.63, 3.8) is 0 Å². The van der Waals surface area contributed by atoms with Gasteiger partial charge in [-0.2, -0.15) is 4.72 Å². The van der Waals surface area contributed by atoms with Crippen molar-refractivity contribution in [2.24, 2.45) is 0 Å². The van der Waals surface area contributed by atoms with Crippen molar-refractivity contribution in [1.82, 2.24) is 4.72 Å². The molecule has 4 heteroatoms. The van der Waals surface area contributed by atoms with Crippen molar-refractivity contribution in [2.75, 3.05) is 0 Å². The quantitative estimate of drug-likeness (QED) is 0.933. The third-order valence-electron chi connectivity index (χ3n) is 3.13. The molecule has 1 atom stereocenters. The zero-order valence-electron chi connectivity index (χ0n) is 10.2. The second kappa shape index (κ2) is 4.64. The van der Waals surface area contributed by atoms with Crippen LogP contribution in [0.15, 0.2) is 65.6 Å². The van der Waals surface area contributed by atoms with Gasteiger partial charge in [0.05, 0.1) is 10.9 Å². The van der Waals surface area contributed by atoms with E-state index < -0.39 is 10.0 Å². The highest BCUT2D eigenvalue weighted by atomic mass is 32.2. The van der Waals surface area contributed by atoms with Gasteiger partial charge in [-0.1, -0.05) is 54.6 Å². The summed E-state index contributed by atoms with van der Waals surface area (Å²) in [7, 11) is -3.49. The monoisotopic (exact) mass is 271 g/mol. The Morgan fingerprint density at radius 2 is 1.58 bits per heavy atom. The molecule has 0 aliphatic heterocycles. The minimum Gasteiger partial charge on any atom is -0.207 e. The van der Waals surface area contributed by atoms with Crippen molar-refractivity contribution in [3.8, 4) is 0 Å². The smallest absolute Gasteiger partial charge is 0.207 e. The lowest BCUT2D eigenvalue weighted by Crippen LogP contribution is -2.26. The van der Waals surface area contributed by atoms with Crippen LogP contribution in [0, 0.1) is 0 Å². The maximum Gasteiger partial charge on any atom is 0.241 e.